The molecule has 0 radical (unpaired) electrons. The first-order chi connectivity index (χ1) is 15.8. The zero-order chi connectivity index (χ0) is 23.8. The maximum absolute atomic E-state index is 11.2. The normalized spacial score (nSPS) is 17.1. The van der Waals surface area contributed by atoms with Crippen LogP contribution in [0.3, 0.4) is 0 Å². The molecule has 1 aromatic carbocycles. The first-order valence-corrected chi connectivity index (χ1v) is 11.2. The van der Waals surface area contributed by atoms with E-state index in [1.165, 1.54) is 13.8 Å². The Labute approximate surface area is 193 Å². The first kappa shape index (κ1) is 24.1. The highest BCUT2D eigenvalue weighted by Crippen LogP contribution is 2.41. The Bertz CT molecular complexity index is 925. The van der Waals surface area contributed by atoms with Gasteiger partial charge in [-0.15, -0.1) is 0 Å². The molecule has 1 heterocycles. The molecule has 1 aliphatic heterocycles. The number of rotatable bonds is 9. The van der Waals surface area contributed by atoms with Gasteiger partial charge in [0, 0.05) is 19.9 Å². The Morgan fingerprint density at radius 3 is 2.21 bits per heavy atom. The average molecular weight is 460 g/mol. The van der Waals surface area contributed by atoms with Crippen LogP contribution in [-0.2, 0) is 9.59 Å². The molecule has 11 nitrogen and oxygen atoms in total. The predicted octanol–water partition coefficient (Wildman–Crippen LogP) is 0.826. The molecule has 2 aliphatic rings. The zero-order valence-corrected chi connectivity index (χ0v) is 19.2. The summed E-state index contributed by atoms with van der Waals surface area (Å²) in [6, 6.07) is 5.50. The van der Waals surface area contributed by atoms with Gasteiger partial charge >= 0.3 is 0 Å². The molecular weight excluding hydrogens is 426 g/mol. The van der Waals surface area contributed by atoms with E-state index in [0.29, 0.717) is 24.6 Å². The van der Waals surface area contributed by atoms with E-state index >= 15 is 0 Å². The van der Waals surface area contributed by atoms with Gasteiger partial charge < -0.3 is 31.6 Å². The second-order valence-electron chi connectivity index (χ2n) is 8.11. The van der Waals surface area contributed by atoms with Crippen molar-refractivity contribution in [2.45, 2.75) is 51.6 Å². The smallest absolute Gasteiger partial charge is 0.220 e. The van der Waals surface area contributed by atoms with Gasteiger partial charge in [0.1, 0.15) is 18.9 Å². The molecule has 11 heteroatoms. The van der Waals surface area contributed by atoms with Crippen molar-refractivity contribution < 1.29 is 19.1 Å². The van der Waals surface area contributed by atoms with E-state index in [9.17, 15) is 9.59 Å². The lowest BCUT2D eigenvalue weighted by Crippen LogP contribution is -2.58. The van der Waals surface area contributed by atoms with Crippen LogP contribution in [0.2, 0.25) is 0 Å². The van der Waals surface area contributed by atoms with Gasteiger partial charge in [0.05, 0.1) is 18.8 Å². The molecule has 1 saturated carbocycles. The van der Waals surface area contributed by atoms with Gasteiger partial charge in [0.15, 0.2) is 11.5 Å². The number of nitrogens with two attached hydrogens (primary N) is 2. The molecule has 1 aliphatic carbocycles. The van der Waals surface area contributed by atoms with Crippen LogP contribution in [0.5, 0.6) is 11.5 Å². The van der Waals surface area contributed by atoms with E-state index < -0.39 is 5.66 Å². The number of nitrogens with zero attached hydrogens (tertiary/aromatic N) is 3. The fourth-order valence-corrected chi connectivity index (χ4v) is 4.14. The van der Waals surface area contributed by atoms with Crippen LogP contribution in [0.15, 0.2) is 28.2 Å². The number of carbonyl (C=O) groups is 2. The summed E-state index contributed by atoms with van der Waals surface area (Å²) >= 11 is 0. The quantitative estimate of drug-likeness (QED) is 0.398. The number of guanidine groups is 2. The molecule has 0 aromatic heterocycles. The summed E-state index contributed by atoms with van der Waals surface area (Å²) in [6.07, 6.45) is 4.81. The highest BCUT2D eigenvalue weighted by molar-refractivity contribution is 6.05. The number of nitrogens with one attached hydrogen (secondary N) is 2. The number of hydrogen-bond donors (Lipinski definition) is 4. The van der Waals surface area contributed by atoms with Crippen LogP contribution in [0.25, 0.3) is 0 Å². The molecule has 33 heavy (non-hydrogen) atoms. The number of carbonyl (C=O) groups excluding carboxylic acids is 2. The number of anilines is 1. The van der Waals surface area contributed by atoms with Gasteiger partial charge in [-0.1, -0.05) is 6.42 Å². The standard InChI is InChI=1S/C22H33N7O4/c1-15(30)25-10-12-32-18-7-6-17(14-19(18)33-13-11-26-16(2)31)29-21(24)27-20(23)28-22(29)8-4-3-5-9-22/h6-7,14H,3-5,8-13H2,1-2H3,(H,25,30)(H,26,31)(H4,23,24,27,28). The lowest BCUT2D eigenvalue weighted by molar-refractivity contribution is -0.119. The van der Waals surface area contributed by atoms with Gasteiger partial charge in [0.25, 0.3) is 0 Å². The number of ether oxygens (including phenoxy) is 2. The molecule has 1 spiro atoms. The lowest BCUT2D eigenvalue weighted by Gasteiger charge is -2.45. The molecule has 2 amide bonds. The van der Waals surface area contributed by atoms with Crippen molar-refractivity contribution >= 4 is 29.4 Å². The van der Waals surface area contributed by atoms with Gasteiger partial charge in [-0.2, -0.15) is 4.99 Å². The van der Waals surface area contributed by atoms with E-state index in [1.807, 2.05) is 17.0 Å². The van der Waals surface area contributed by atoms with E-state index in [4.69, 9.17) is 25.9 Å². The molecule has 180 valence electrons. The van der Waals surface area contributed by atoms with Gasteiger partial charge in [0.2, 0.25) is 23.7 Å². The van der Waals surface area contributed by atoms with Crippen molar-refractivity contribution in [3.05, 3.63) is 18.2 Å². The summed E-state index contributed by atoms with van der Waals surface area (Å²) in [5.74, 6) is 1.22. The van der Waals surface area contributed by atoms with Gasteiger partial charge in [-0.25, -0.2) is 4.99 Å². The summed E-state index contributed by atoms with van der Waals surface area (Å²) in [7, 11) is 0. The van der Waals surface area contributed by atoms with E-state index in [2.05, 4.69) is 15.6 Å². The molecule has 0 unspecified atom stereocenters. The van der Waals surface area contributed by atoms with Crippen molar-refractivity contribution in [3.8, 4) is 11.5 Å². The second-order valence-corrected chi connectivity index (χ2v) is 8.11. The van der Waals surface area contributed by atoms with Crippen LogP contribution in [0, 0.1) is 0 Å². The van der Waals surface area contributed by atoms with Crippen LogP contribution in [0.1, 0.15) is 46.0 Å². The first-order valence-electron chi connectivity index (χ1n) is 11.2. The van der Waals surface area contributed by atoms with Crippen molar-refractivity contribution in [1.82, 2.24) is 10.6 Å². The highest BCUT2D eigenvalue weighted by Gasteiger charge is 2.42. The molecule has 3 rings (SSSR count). The summed E-state index contributed by atoms with van der Waals surface area (Å²) < 4.78 is 11.8. The molecule has 0 bridgehead atoms. The SMILES string of the molecule is CC(=O)NCCOc1ccc(N2C(N)=NC(N)=NC23CCCCC3)cc1OCCNC(C)=O. The third-order valence-corrected chi connectivity index (χ3v) is 5.50. The van der Waals surface area contributed by atoms with Crippen molar-refractivity contribution in [1.29, 1.82) is 0 Å². The Kier molecular flexibility index (Phi) is 7.96. The van der Waals surface area contributed by atoms with Gasteiger partial charge in [-0.3, -0.25) is 14.5 Å². The zero-order valence-electron chi connectivity index (χ0n) is 19.2. The van der Waals surface area contributed by atoms with E-state index in [0.717, 1.165) is 37.8 Å². The number of benzene rings is 1. The summed E-state index contributed by atoms with van der Waals surface area (Å²) in [5, 5.41) is 5.40. The van der Waals surface area contributed by atoms with Gasteiger partial charge in [-0.05, 0) is 37.8 Å². The lowest BCUT2D eigenvalue weighted by atomic mass is 9.87. The molecule has 0 saturated heterocycles. The number of hydrogen-bond acceptors (Lipinski definition) is 9. The predicted molar refractivity (Wildman–Crippen MR) is 126 cm³/mol. The molecule has 1 fully saturated rings. The van der Waals surface area contributed by atoms with Crippen molar-refractivity contribution in [2.24, 2.45) is 21.5 Å². The molecule has 6 N–H and O–H groups in total. The Balaban J connectivity index is 1.85. The average Bonchev–Trinajstić information content (AvgIpc) is 2.75. The second kappa shape index (κ2) is 10.9. The monoisotopic (exact) mass is 459 g/mol. The van der Waals surface area contributed by atoms with Crippen molar-refractivity contribution in [2.75, 3.05) is 31.2 Å². The maximum atomic E-state index is 11.2. The summed E-state index contributed by atoms with van der Waals surface area (Å²) in [5.41, 5.74) is 12.5. The van der Waals surface area contributed by atoms with Crippen LogP contribution >= 0.6 is 0 Å². The molecule has 0 atom stereocenters. The number of aliphatic imine (C=N–C) groups is 2. The topological polar surface area (TPSA) is 157 Å². The fourth-order valence-electron chi connectivity index (χ4n) is 4.14. The minimum Gasteiger partial charge on any atom is -0.488 e. The summed E-state index contributed by atoms with van der Waals surface area (Å²) in [6.45, 7) is 4.15. The van der Waals surface area contributed by atoms with E-state index in [-0.39, 0.29) is 36.9 Å². The molecular formula is C22H33N7O4. The van der Waals surface area contributed by atoms with E-state index in [1.54, 1.807) is 6.07 Å². The third-order valence-electron chi connectivity index (χ3n) is 5.50. The largest absolute Gasteiger partial charge is 0.488 e. The third kappa shape index (κ3) is 6.27. The Hall–Kier alpha value is -3.50. The van der Waals surface area contributed by atoms with Crippen LogP contribution in [0.4, 0.5) is 5.69 Å². The minimum absolute atomic E-state index is 0.127. The maximum Gasteiger partial charge on any atom is 0.220 e. The minimum atomic E-state index is -0.574. The Morgan fingerprint density at radius 1 is 1.00 bits per heavy atom. The Morgan fingerprint density at radius 2 is 1.61 bits per heavy atom. The van der Waals surface area contributed by atoms with Crippen molar-refractivity contribution in [3.63, 3.8) is 0 Å². The molecule has 1 aromatic rings. The summed E-state index contributed by atoms with van der Waals surface area (Å²) in [4.78, 5) is 33.1. The fraction of sp³-hybridized carbons (Fsp3) is 0.545. The highest BCUT2D eigenvalue weighted by atomic mass is 16.5. The van der Waals surface area contributed by atoms with Crippen LogP contribution in [-0.4, -0.2) is 55.7 Å². The van der Waals surface area contributed by atoms with Crippen LogP contribution < -0.4 is 36.5 Å². The number of amides is 2.